The molecule has 1 aliphatic heterocycles. The van der Waals surface area contributed by atoms with Gasteiger partial charge in [-0.1, -0.05) is 6.07 Å². The zero-order valence-electron chi connectivity index (χ0n) is 12.1. The topological polar surface area (TPSA) is 77.5 Å². The molecule has 0 spiro atoms. The fourth-order valence-corrected chi connectivity index (χ4v) is 2.60. The van der Waals surface area contributed by atoms with E-state index in [-0.39, 0.29) is 11.9 Å². The van der Waals surface area contributed by atoms with Crippen LogP contribution in [0.25, 0.3) is 0 Å². The van der Waals surface area contributed by atoms with Gasteiger partial charge in [-0.3, -0.25) is 4.79 Å². The van der Waals surface area contributed by atoms with E-state index in [1.54, 1.807) is 12.1 Å². The van der Waals surface area contributed by atoms with Gasteiger partial charge in [-0.25, -0.2) is 0 Å². The Morgan fingerprint density at radius 1 is 1.29 bits per heavy atom. The Kier molecular flexibility index (Phi) is 3.43. The predicted molar refractivity (Wildman–Crippen MR) is 78.5 cm³/mol. The molecule has 2 aromatic rings. The molecule has 110 valence electrons. The van der Waals surface area contributed by atoms with Crippen molar-refractivity contribution in [1.82, 2.24) is 5.32 Å². The number of nitrogens with two attached hydrogens (primary N) is 1. The van der Waals surface area contributed by atoms with E-state index in [9.17, 15) is 4.79 Å². The average Bonchev–Trinajstić information content (AvgIpc) is 2.69. The van der Waals surface area contributed by atoms with Crippen molar-refractivity contribution < 1.29 is 13.9 Å². The van der Waals surface area contributed by atoms with Crippen LogP contribution < -0.4 is 15.8 Å². The smallest absolute Gasteiger partial charge is 0.255 e. The summed E-state index contributed by atoms with van der Waals surface area (Å²) in [5.41, 5.74) is 8.63. The normalized spacial score (nSPS) is 15.7. The summed E-state index contributed by atoms with van der Waals surface area (Å²) >= 11 is 0. The predicted octanol–water partition coefficient (Wildman–Crippen LogP) is 2.07. The summed E-state index contributed by atoms with van der Waals surface area (Å²) in [5.74, 6) is 2.10. The Bertz CT molecular complexity index is 691. The maximum Gasteiger partial charge on any atom is 0.255 e. The Balaban J connectivity index is 2.00. The van der Waals surface area contributed by atoms with Gasteiger partial charge in [0.15, 0.2) is 0 Å². The van der Waals surface area contributed by atoms with E-state index in [4.69, 9.17) is 14.9 Å². The second kappa shape index (κ2) is 5.26. The average molecular weight is 286 g/mol. The quantitative estimate of drug-likeness (QED) is 0.886. The maximum absolute atomic E-state index is 12.0. The molecule has 1 aromatic carbocycles. The molecule has 1 amide bonds. The molecule has 0 bridgehead atoms. The number of aryl methyl sites for hydroxylation is 2. The highest BCUT2D eigenvalue weighted by molar-refractivity contribution is 5.97. The van der Waals surface area contributed by atoms with Gasteiger partial charge in [0.1, 0.15) is 23.9 Å². The van der Waals surface area contributed by atoms with Crippen LogP contribution in [0, 0.1) is 13.8 Å². The van der Waals surface area contributed by atoms with E-state index in [0.29, 0.717) is 24.5 Å². The second-order valence-corrected chi connectivity index (χ2v) is 5.21. The molecule has 1 aliphatic rings. The fourth-order valence-electron chi connectivity index (χ4n) is 2.60. The van der Waals surface area contributed by atoms with Crippen molar-refractivity contribution in [2.24, 2.45) is 5.73 Å². The van der Waals surface area contributed by atoms with Gasteiger partial charge in [0.05, 0.1) is 18.2 Å². The zero-order chi connectivity index (χ0) is 15.0. The number of amides is 1. The van der Waals surface area contributed by atoms with Gasteiger partial charge in [0.25, 0.3) is 5.91 Å². The third-order valence-corrected chi connectivity index (χ3v) is 3.67. The van der Waals surface area contributed by atoms with E-state index in [0.717, 1.165) is 22.6 Å². The molecule has 5 nitrogen and oxygen atoms in total. The third-order valence-electron chi connectivity index (χ3n) is 3.67. The first-order chi connectivity index (χ1) is 10.1. The van der Waals surface area contributed by atoms with Crippen LogP contribution in [-0.2, 0) is 0 Å². The number of rotatable bonds is 2. The summed E-state index contributed by atoms with van der Waals surface area (Å²) in [4.78, 5) is 12.0. The summed E-state index contributed by atoms with van der Waals surface area (Å²) < 4.78 is 11.1. The lowest BCUT2D eigenvalue weighted by atomic mass is 9.97. The molecule has 0 fully saturated rings. The van der Waals surface area contributed by atoms with Crippen molar-refractivity contribution in [3.8, 4) is 5.75 Å². The highest BCUT2D eigenvalue weighted by Crippen LogP contribution is 2.29. The van der Waals surface area contributed by atoms with Gasteiger partial charge in [0.2, 0.25) is 0 Å². The number of hydrogen-bond acceptors (Lipinski definition) is 4. The fraction of sp³-hybridized carbons (Fsp3) is 0.312. The van der Waals surface area contributed by atoms with Crippen LogP contribution in [0.2, 0.25) is 0 Å². The van der Waals surface area contributed by atoms with Gasteiger partial charge in [-0.15, -0.1) is 0 Å². The summed E-state index contributed by atoms with van der Waals surface area (Å²) in [5, 5.41) is 2.80. The van der Waals surface area contributed by atoms with Crippen LogP contribution in [0.15, 0.2) is 28.7 Å². The first-order valence-corrected chi connectivity index (χ1v) is 6.93. The van der Waals surface area contributed by atoms with Gasteiger partial charge < -0.3 is 20.2 Å². The minimum absolute atomic E-state index is 0.128. The lowest BCUT2D eigenvalue weighted by Gasteiger charge is -2.14. The Morgan fingerprint density at radius 2 is 2.10 bits per heavy atom. The van der Waals surface area contributed by atoms with Crippen LogP contribution in [0.1, 0.15) is 39.0 Å². The van der Waals surface area contributed by atoms with Crippen LogP contribution in [0.3, 0.4) is 0 Å². The standard InChI is InChI=1S/C16H18N2O3/c1-9-7-12(10(2)21-9)15(17)11-3-4-14-13(8-11)16(19)18-5-6-20-14/h3-4,7-8,15H,5-6,17H2,1-2H3,(H,18,19). The molecule has 21 heavy (non-hydrogen) atoms. The number of ether oxygens (including phenoxy) is 1. The molecule has 1 unspecified atom stereocenters. The molecular weight excluding hydrogens is 268 g/mol. The number of nitrogens with one attached hydrogen (secondary N) is 1. The van der Waals surface area contributed by atoms with E-state index in [1.807, 2.05) is 26.0 Å². The summed E-state index contributed by atoms with van der Waals surface area (Å²) in [6, 6.07) is 7.09. The van der Waals surface area contributed by atoms with Crippen molar-refractivity contribution in [3.05, 3.63) is 52.5 Å². The van der Waals surface area contributed by atoms with Crippen LogP contribution in [-0.4, -0.2) is 19.1 Å². The van der Waals surface area contributed by atoms with Gasteiger partial charge >= 0.3 is 0 Å². The summed E-state index contributed by atoms with van der Waals surface area (Å²) in [7, 11) is 0. The van der Waals surface area contributed by atoms with E-state index in [1.165, 1.54) is 0 Å². The minimum Gasteiger partial charge on any atom is -0.491 e. The number of carbonyl (C=O) groups is 1. The molecule has 3 N–H and O–H groups in total. The van der Waals surface area contributed by atoms with Crippen LogP contribution in [0.5, 0.6) is 5.75 Å². The lowest BCUT2D eigenvalue weighted by molar-refractivity contribution is 0.0957. The number of hydrogen-bond donors (Lipinski definition) is 2. The zero-order valence-corrected chi connectivity index (χ0v) is 12.1. The third kappa shape index (κ3) is 2.52. The Labute approximate surface area is 123 Å². The van der Waals surface area contributed by atoms with Crippen molar-refractivity contribution in [2.45, 2.75) is 19.9 Å². The minimum atomic E-state index is -0.330. The van der Waals surface area contributed by atoms with Gasteiger partial charge in [-0.2, -0.15) is 0 Å². The number of fused-ring (bicyclic) bond motifs is 1. The van der Waals surface area contributed by atoms with E-state index < -0.39 is 0 Å². The van der Waals surface area contributed by atoms with Gasteiger partial charge in [0, 0.05) is 5.56 Å². The highest BCUT2D eigenvalue weighted by Gasteiger charge is 2.20. The molecule has 5 heteroatoms. The number of benzene rings is 1. The largest absolute Gasteiger partial charge is 0.491 e. The second-order valence-electron chi connectivity index (χ2n) is 5.21. The molecule has 2 heterocycles. The molecule has 3 rings (SSSR count). The first kappa shape index (κ1) is 13.7. The molecule has 0 saturated carbocycles. The summed E-state index contributed by atoms with van der Waals surface area (Å²) in [6.45, 7) is 4.77. The van der Waals surface area contributed by atoms with Crippen molar-refractivity contribution in [1.29, 1.82) is 0 Å². The Hall–Kier alpha value is -2.27. The SMILES string of the molecule is Cc1cc(C(N)c2ccc3c(c2)C(=O)NCCO3)c(C)o1. The number of carbonyl (C=O) groups excluding carboxylic acids is 1. The number of furan rings is 1. The molecular formula is C16H18N2O3. The van der Waals surface area contributed by atoms with Crippen LogP contribution in [0.4, 0.5) is 0 Å². The van der Waals surface area contributed by atoms with Crippen molar-refractivity contribution in [3.63, 3.8) is 0 Å². The van der Waals surface area contributed by atoms with Crippen molar-refractivity contribution >= 4 is 5.91 Å². The van der Waals surface area contributed by atoms with Gasteiger partial charge in [-0.05, 0) is 37.6 Å². The first-order valence-electron chi connectivity index (χ1n) is 6.93. The van der Waals surface area contributed by atoms with Crippen molar-refractivity contribution in [2.75, 3.05) is 13.2 Å². The lowest BCUT2D eigenvalue weighted by Crippen LogP contribution is -2.24. The molecule has 1 atom stereocenters. The molecule has 0 saturated heterocycles. The van der Waals surface area contributed by atoms with E-state index in [2.05, 4.69) is 5.32 Å². The Morgan fingerprint density at radius 3 is 2.81 bits per heavy atom. The van der Waals surface area contributed by atoms with Crippen LogP contribution >= 0.6 is 0 Å². The molecule has 0 aliphatic carbocycles. The molecule has 0 radical (unpaired) electrons. The molecule has 1 aromatic heterocycles. The monoisotopic (exact) mass is 286 g/mol. The van der Waals surface area contributed by atoms with E-state index >= 15 is 0 Å². The summed E-state index contributed by atoms with van der Waals surface area (Å²) in [6.07, 6.45) is 0. The highest BCUT2D eigenvalue weighted by atomic mass is 16.5. The maximum atomic E-state index is 12.0.